The van der Waals surface area contributed by atoms with Crippen LogP contribution in [0, 0.1) is 0 Å². The number of hydrogen-bond acceptors (Lipinski definition) is 3. The number of aromatic nitrogens is 1. The third-order valence-corrected chi connectivity index (χ3v) is 1.91. The van der Waals surface area contributed by atoms with Crippen LogP contribution in [-0.2, 0) is 11.2 Å². The van der Waals surface area contributed by atoms with E-state index >= 15 is 0 Å². The van der Waals surface area contributed by atoms with Crippen LogP contribution < -0.4 is 10.3 Å². The molecule has 0 aliphatic heterocycles. The van der Waals surface area contributed by atoms with Crippen LogP contribution in [0.25, 0.3) is 0 Å². The second-order valence-corrected chi connectivity index (χ2v) is 3.31. The van der Waals surface area contributed by atoms with Gasteiger partial charge in [-0.2, -0.15) is 0 Å². The molecule has 5 nitrogen and oxygen atoms in total. The maximum atomic E-state index is 12.6. The molecule has 0 aliphatic rings. The first kappa shape index (κ1) is 14.9. The Labute approximate surface area is 101 Å². The van der Waals surface area contributed by atoms with E-state index in [1.165, 1.54) is 0 Å². The number of pyridine rings is 1. The van der Waals surface area contributed by atoms with Crippen LogP contribution in [0.1, 0.15) is 17.7 Å². The van der Waals surface area contributed by atoms with Crippen LogP contribution in [0.5, 0.6) is 5.75 Å². The molecular formula is C9H6F5NO4. The molecule has 2 N–H and O–H groups in total. The Kier molecular flexibility index (Phi) is 4.12. The predicted octanol–water partition coefficient (Wildman–Crippen LogP) is 1.84. The molecule has 0 aliphatic carbocycles. The van der Waals surface area contributed by atoms with Gasteiger partial charge in [0.1, 0.15) is 5.75 Å². The number of ether oxygens (including phenoxy) is 1. The molecule has 0 aromatic carbocycles. The van der Waals surface area contributed by atoms with Crippen LogP contribution >= 0.6 is 0 Å². The third kappa shape index (κ3) is 4.23. The first-order chi connectivity index (χ1) is 8.60. The second-order valence-electron chi connectivity index (χ2n) is 3.31. The minimum Gasteiger partial charge on any atom is -0.481 e. The number of rotatable bonds is 4. The first-order valence-electron chi connectivity index (χ1n) is 4.62. The molecular weight excluding hydrogens is 281 g/mol. The highest BCUT2D eigenvalue weighted by Crippen LogP contribution is 2.30. The van der Waals surface area contributed by atoms with Crippen molar-refractivity contribution in [1.29, 1.82) is 0 Å². The van der Waals surface area contributed by atoms with Crippen molar-refractivity contribution in [2.75, 3.05) is 0 Å². The summed E-state index contributed by atoms with van der Waals surface area (Å²) in [5.41, 5.74) is -3.41. The lowest BCUT2D eigenvalue weighted by molar-refractivity contribution is -0.275. The van der Waals surface area contributed by atoms with Gasteiger partial charge in [0, 0.05) is 11.6 Å². The molecule has 0 fully saturated rings. The molecule has 0 spiro atoms. The van der Waals surface area contributed by atoms with Crippen molar-refractivity contribution in [2.24, 2.45) is 0 Å². The SMILES string of the molecule is O=C(O)Cc1c(OC(F)(F)F)cc(=O)[nH]c1C(F)F. The van der Waals surface area contributed by atoms with Crippen molar-refractivity contribution >= 4 is 5.97 Å². The number of halogens is 5. The highest BCUT2D eigenvalue weighted by Gasteiger charge is 2.34. The predicted molar refractivity (Wildman–Crippen MR) is 50.0 cm³/mol. The molecule has 10 heteroatoms. The number of carbonyl (C=O) groups is 1. The standard InChI is InChI=1S/C9H6F5NO4/c10-8(11)7-3(1-6(17)18)4(2-5(16)15-7)19-9(12,13)14/h2,8H,1H2,(H,15,16)(H,17,18). The first-order valence-corrected chi connectivity index (χ1v) is 4.62. The van der Waals surface area contributed by atoms with Gasteiger partial charge in [-0.05, 0) is 0 Å². The Balaban J connectivity index is 3.41. The summed E-state index contributed by atoms with van der Waals surface area (Å²) in [5.74, 6) is -2.91. The summed E-state index contributed by atoms with van der Waals surface area (Å²) in [6, 6.07) is 0.262. The molecule has 1 aromatic heterocycles. The lowest BCUT2D eigenvalue weighted by Gasteiger charge is -2.14. The minimum atomic E-state index is -5.24. The van der Waals surface area contributed by atoms with Gasteiger partial charge >= 0.3 is 12.3 Å². The Bertz CT molecular complexity index is 536. The van der Waals surface area contributed by atoms with Gasteiger partial charge in [0.2, 0.25) is 0 Å². The minimum absolute atomic E-state index is 0.262. The molecule has 1 aromatic rings. The van der Waals surface area contributed by atoms with E-state index in [0.29, 0.717) is 0 Å². The molecule has 1 heterocycles. The molecule has 0 bridgehead atoms. The summed E-state index contributed by atoms with van der Waals surface area (Å²) in [5, 5.41) is 8.49. The second kappa shape index (κ2) is 5.24. The zero-order chi connectivity index (χ0) is 14.8. The zero-order valence-electron chi connectivity index (χ0n) is 8.92. The number of carboxylic acids is 1. The van der Waals surface area contributed by atoms with Crippen molar-refractivity contribution in [1.82, 2.24) is 4.98 Å². The van der Waals surface area contributed by atoms with E-state index in [0.717, 1.165) is 0 Å². The van der Waals surface area contributed by atoms with Crippen molar-refractivity contribution in [3.63, 3.8) is 0 Å². The molecule has 1 rings (SSSR count). The Morgan fingerprint density at radius 1 is 1.42 bits per heavy atom. The van der Waals surface area contributed by atoms with E-state index in [-0.39, 0.29) is 6.07 Å². The number of aromatic amines is 1. The molecule has 0 atom stereocenters. The van der Waals surface area contributed by atoms with Gasteiger partial charge in [-0.1, -0.05) is 0 Å². The van der Waals surface area contributed by atoms with Crippen molar-refractivity contribution in [2.45, 2.75) is 19.2 Å². The fraction of sp³-hybridized carbons (Fsp3) is 0.333. The molecule has 0 saturated carbocycles. The smallest absolute Gasteiger partial charge is 0.481 e. The van der Waals surface area contributed by atoms with Crippen LogP contribution in [-0.4, -0.2) is 22.4 Å². The molecule has 0 unspecified atom stereocenters. The van der Waals surface area contributed by atoms with Crippen molar-refractivity contribution in [3.8, 4) is 5.75 Å². The van der Waals surface area contributed by atoms with Gasteiger partial charge in [0.25, 0.3) is 12.0 Å². The highest BCUT2D eigenvalue weighted by molar-refractivity contribution is 5.71. The maximum Gasteiger partial charge on any atom is 0.573 e. The molecule has 0 saturated heterocycles. The lowest BCUT2D eigenvalue weighted by Crippen LogP contribution is -2.22. The van der Waals surface area contributed by atoms with Gasteiger partial charge in [-0.15, -0.1) is 13.2 Å². The molecule has 106 valence electrons. The average Bonchev–Trinajstić information content (AvgIpc) is 2.18. The van der Waals surface area contributed by atoms with Crippen LogP contribution in [0.3, 0.4) is 0 Å². The largest absolute Gasteiger partial charge is 0.573 e. The van der Waals surface area contributed by atoms with E-state index in [9.17, 15) is 31.5 Å². The number of alkyl halides is 5. The third-order valence-electron chi connectivity index (χ3n) is 1.91. The zero-order valence-corrected chi connectivity index (χ0v) is 8.92. The monoisotopic (exact) mass is 287 g/mol. The lowest BCUT2D eigenvalue weighted by atomic mass is 10.1. The summed E-state index contributed by atoms with van der Waals surface area (Å²) in [6.45, 7) is 0. The summed E-state index contributed by atoms with van der Waals surface area (Å²) < 4.78 is 64.7. The Morgan fingerprint density at radius 2 is 2.00 bits per heavy atom. The number of hydrogen-bond donors (Lipinski definition) is 2. The molecule has 19 heavy (non-hydrogen) atoms. The van der Waals surface area contributed by atoms with E-state index in [2.05, 4.69) is 4.74 Å². The van der Waals surface area contributed by atoms with Gasteiger partial charge in [-0.25, -0.2) is 8.78 Å². The van der Waals surface area contributed by atoms with Crippen LogP contribution in [0.4, 0.5) is 22.0 Å². The van der Waals surface area contributed by atoms with Crippen molar-refractivity contribution in [3.05, 3.63) is 27.7 Å². The van der Waals surface area contributed by atoms with E-state index in [1.54, 1.807) is 4.98 Å². The van der Waals surface area contributed by atoms with E-state index in [1.807, 2.05) is 0 Å². The molecule has 0 radical (unpaired) electrons. The molecule has 0 amide bonds. The van der Waals surface area contributed by atoms with Crippen molar-refractivity contribution < 1.29 is 36.6 Å². The fourth-order valence-corrected chi connectivity index (χ4v) is 1.32. The highest BCUT2D eigenvalue weighted by atomic mass is 19.4. The number of nitrogens with one attached hydrogen (secondary N) is 1. The Hall–Kier alpha value is -2.13. The normalized spacial score (nSPS) is 11.7. The van der Waals surface area contributed by atoms with Gasteiger partial charge in [0.05, 0.1) is 12.1 Å². The fourth-order valence-electron chi connectivity index (χ4n) is 1.32. The number of H-pyrrole nitrogens is 1. The summed E-state index contributed by atoms with van der Waals surface area (Å²) in [6.07, 6.45) is -9.73. The average molecular weight is 287 g/mol. The summed E-state index contributed by atoms with van der Waals surface area (Å²) in [7, 11) is 0. The number of carboxylic acid groups (broad SMARTS) is 1. The number of aliphatic carboxylic acids is 1. The van der Waals surface area contributed by atoms with Gasteiger partial charge in [0.15, 0.2) is 0 Å². The topological polar surface area (TPSA) is 79.4 Å². The van der Waals surface area contributed by atoms with E-state index < -0.39 is 47.7 Å². The van der Waals surface area contributed by atoms with Gasteiger partial charge < -0.3 is 14.8 Å². The maximum absolute atomic E-state index is 12.6. The Morgan fingerprint density at radius 3 is 2.42 bits per heavy atom. The van der Waals surface area contributed by atoms with E-state index in [4.69, 9.17) is 5.11 Å². The van der Waals surface area contributed by atoms with Crippen LogP contribution in [0.15, 0.2) is 10.9 Å². The summed E-state index contributed by atoms with van der Waals surface area (Å²) >= 11 is 0. The quantitative estimate of drug-likeness (QED) is 0.828. The van der Waals surface area contributed by atoms with Crippen LogP contribution in [0.2, 0.25) is 0 Å². The van der Waals surface area contributed by atoms with Gasteiger partial charge in [-0.3, -0.25) is 9.59 Å². The summed E-state index contributed by atoms with van der Waals surface area (Å²) in [4.78, 5) is 23.0.